The van der Waals surface area contributed by atoms with Crippen LogP contribution in [0.3, 0.4) is 0 Å². The van der Waals surface area contributed by atoms with Crippen LogP contribution in [-0.4, -0.2) is 24.0 Å². The number of allylic oxidation sites excluding steroid dienone is 1. The highest BCUT2D eigenvalue weighted by molar-refractivity contribution is 6.07. The smallest absolute Gasteiger partial charge is 0.316 e. The number of hydrogen-bond donors (Lipinski definition) is 0. The third-order valence-corrected chi connectivity index (χ3v) is 4.43. The first kappa shape index (κ1) is 25.2. The van der Waals surface area contributed by atoms with E-state index in [9.17, 15) is 9.59 Å². The van der Waals surface area contributed by atoms with Gasteiger partial charge in [0.25, 0.3) is 0 Å². The number of benzene rings is 2. The number of rotatable bonds is 8. The highest BCUT2D eigenvalue weighted by atomic mass is 16.5. The van der Waals surface area contributed by atoms with E-state index in [-0.39, 0.29) is 24.0 Å². The molecule has 0 amide bonds. The Morgan fingerprint density at radius 1 is 0.875 bits per heavy atom. The Kier molecular flexibility index (Phi) is 8.25. The van der Waals surface area contributed by atoms with Crippen molar-refractivity contribution in [1.82, 2.24) is 0 Å². The van der Waals surface area contributed by atoms with Gasteiger partial charge in [0, 0.05) is 5.56 Å². The molecular formula is C27H34O5. The number of ketones is 1. The van der Waals surface area contributed by atoms with Gasteiger partial charge in [-0.05, 0) is 103 Å². The Balaban J connectivity index is 2.29. The molecule has 0 aliphatic carbocycles. The van der Waals surface area contributed by atoms with Gasteiger partial charge in [0.05, 0.1) is 23.2 Å². The summed E-state index contributed by atoms with van der Waals surface area (Å²) in [6.45, 7) is 15.2. The average Bonchev–Trinajstić information content (AvgIpc) is 2.69. The second kappa shape index (κ2) is 10.5. The molecule has 0 saturated heterocycles. The van der Waals surface area contributed by atoms with Gasteiger partial charge < -0.3 is 14.2 Å². The SMILES string of the molecule is Cc1ccc(OC(C)C)c(/C=C/C(=O)c2ccc(OC(=O)C(C)(C)C)cc2)c1OC(C)C. The van der Waals surface area contributed by atoms with E-state index in [1.807, 2.05) is 46.8 Å². The Labute approximate surface area is 191 Å². The lowest BCUT2D eigenvalue weighted by Crippen LogP contribution is -2.25. The number of carbonyl (C=O) groups is 2. The van der Waals surface area contributed by atoms with Crippen LogP contribution in [0.5, 0.6) is 17.2 Å². The summed E-state index contributed by atoms with van der Waals surface area (Å²) < 4.78 is 17.3. The molecule has 0 aromatic heterocycles. The van der Waals surface area contributed by atoms with E-state index in [0.29, 0.717) is 22.8 Å². The Bertz CT molecular complexity index is 976. The molecule has 0 unspecified atom stereocenters. The van der Waals surface area contributed by atoms with Gasteiger partial charge in [0.15, 0.2) is 5.78 Å². The highest BCUT2D eigenvalue weighted by Gasteiger charge is 2.23. The zero-order valence-electron chi connectivity index (χ0n) is 20.3. The first-order chi connectivity index (χ1) is 14.9. The zero-order valence-corrected chi connectivity index (χ0v) is 20.3. The van der Waals surface area contributed by atoms with Gasteiger partial charge in [-0.2, -0.15) is 0 Å². The van der Waals surface area contributed by atoms with Crippen LogP contribution < -0.4 is 14.2 Å². The number of hydrogen-bond acceptors (Lipinski definition) is 5. The Morgan fingerprint density at radius 3 is 2.00 bits per heavy atom. The van der Waals surface area contributed by atoms with Crippen molar-refractivity contribution in [3.8, 4) is 17.2 Å². The minimum atomic E-state index is -0.601. The molecule has 2 aromatic carbocycles. The Morgan fingerprint density at radius 2 is 1.47 bits per heavy atom. The predicted molar refractivity (Wildman–Crippen MR) is 128 cm³/mol. The topological polar surface area (TPSA) is 61.8 Å². The maximum Gasteiger partial charge on any atom is 0.316 e. The van der Waals surface area contributed by atoms with Gasteiger partial charge in [-0.15, -0.1) is 0 Å². The van der Waals surface area contributed by atoms with Crippen LogP contribution in [0.15, 0.2) is 42.5 Å². The minimum absolute atomic E-state index is 0.0178. The van der Waals surface area contributed by atoms with Crippen LogP contribution in [0.1, 0.15) is 70.0 Å². The van der Waals surface area contributed by atoms with Crippen molar-refractivity contribution in [1.29, 1.82) is 0 Å². The van der Waals surface area contributed by atoms with E-state index in [1.54, 1.807) is 51.1 Å². The van der Waals surface area contributed by atoms with E-state index < -0.39 is 5.41 Å². The average molecular weight is 439 g/mol. The van der Waals surface area contributed by atoms with E-state index in [0.717, 1.165) is 11.1 Å². The molecule has 0 N–H and O–H groups in total. The molecule has 0 saturated carbocycles. The van der Waals surface area contributed by atoms with E-state index in [1.165, 1.54) is 6.08 Å². The first-order valence-corrected chi connectivity index (χ1v) is 10.9. The van der Waals surface area contributed by atoms with Crippen LogP contribution in [-0.2, 0) is 4.79 Å². The first-order valence-electron chi connectivity index (χ1n) is 10.9. The number of aryl methyl sites for hydroxylation is 1. The van der Waals surface area contributed by atoms with Crippen molar-refractivity contribution in [2.75, 3.05) is 0 Å². The molecule has 172 valence electrons. The Hall–Kier alpha value is -3.08. The normalized spacial score (nSPS) is 11.8. The fourth-order valence-electron chi connectivity index (χ4n) is 2.80. The molecule has 5 nitrogen and oxygen atoms in total. The molecular weight excluding hydrogens is 404 g/mol. The summed E-state index contributed by atoms with van der Waals surface area (Å²) in [6.07, 6.45) is 3.20. The molecule has 0 fully saturated rings. The van der Waals surface area contributed by atoms with Gasteiger partial charge >= 0.3 is 5.97 Å². The fraction of sp³-hybridized carbons (Fsp3) is 0.407. The molecule has 0 spiro atoms. The molecule has 0 heterocycles. The summed E-state index contributed by atoms with van der Waals surface area (Å²) in [4.78, 5) is 24.8. The van der Waals surface area contributed by atoms with Crippen molar-refractivity contribution >= 4 is 17.8 Å². The predicted octanol–water partition coefficient (Wildman–Crippen LogP) is 6.42. The molecule has 2 rings (SSSR count). The van der Waals surface area contributed by atoms with Crippen molar-refractivity contribution in [2.45, 2.75) is 67.6 Å². The second-order valence-electron chi connectivity index (χ2n) is 9.32. The quantitative estimate of drug-likeness (QED) is 0.206. The van der Waals surface area contributed by atoms with Crippen molar-refractivity contribution in [2.24, 2.45) is 5.41 Å². The van der Waals surface area contributed by atoms with E-state index in [2.05, 4.69) is 0 Å². The number of carbonyl (C=O) groups excluding carboxylic acids is 2. The maximum atomic E-state index is 12.8. The van der Waals surface area contributed by atoms with Crippen LogP contribution in [0.4, 0.5) is 0 Å². The van der Waals surface area contributed by atoms with Crippen LogP contribution in [0.25, 0.3) is 6.08 Å². The summed E-state index contributed by atoms with van der Waals surface area (Å²) in [5.74, 6) is 1.27. The molecule has 0 bridgehead atoms. The standard InChI is InChI=1S/C27H34O5/c1-17(2)30-24-16-9-19(5)25(31-18(3)4)22(24)14-15-23(28)20-10-12-21(13-11-20)32-26(29)27(6,7)8/h9-18H,1-8H3/b15-14+. The fourth-order valence-corrected chi connectivity index (χ4v) is 2.80. The summed E-state index contributed by atoms with van der Waals surface area (Å²) in [5.41, 5.74) is 1.59. The molecule has 32 heavy (non-hydrogen) atoms. The summed E-state index contributed by atoms with van der Waals surface area (Å²) >= 11 is 0. The summed E-state index contributed by atoms with van der Waals surface area (Å²) in [5, 5.41) is 0. The lowest BCUT2D eigenvalue weighted by Gasteiger charge is -2.19. The number of esters is 1. The largest absolute Gasteiger partial charge is 0.490 e. The lowest BCUT2D eigenvalue weighted by atomic mass is 9.97. The molecule has 0 aliphatic rings. The monoisotopic (exact) mass is 438 g/mol. The third-order valence-electron chi connectivity index (χ3n) is 4.43. The van der Waals surface area contributed by atoms with Gasteiger partial charge in [0.2, 0.25) is 0 Å². The zero-order chi connectivity index (χ0) is 24.1. The highest BCUT2D eigenvalue weighted by Crippen LogP contribution is 2.35. The van der Waals surface area contributed by atoms with Gasteiger partial charge in [-0.1, -0.05) is 6.07 Å². The van der Waals surface area contributed by atoms with Crippen LogP contribution in [0.2, 0.25) is 0 Å². The molecule has 0 radical (unpaired) electrons. The molecule has 2 aromatic rings. The molecule has 5 heteroatoms. The van der Waals surface area contributed by atoms with E-state index in [4.69, 9.17) is 14.2 Å². The second-order valence-corrected chi connectivity index (χ2v) is 9.32. The van der Waals surface area contributed by atoms with Gasteiger partial charge in [-0.25, -0.2) is 0 Å². The lowest BCUT2D eigenvalue weighted by molar-refractivity contribution is -0.143. The van der Waals surface area contributed by atoms with E-state index >= 15 is 0 Å². The van der Waals surface area contributed by atoms with Crippen LogP contribution >= 0.6 is 0 Å². The summed E-state index contributed by atoms with van der Waals surface area (Å²) in [7, 11) is 0. The van der Waals surface area contributed by atoms with Gasteiger partial charge in [-0.3, -0.25) is 9.59 Å². The minimum Gasteiger partial charge on any atom is -0.490 e. The molecule has 0 atom stereocenters. The van der Waals surface area contributed by atoms with Crippen molar-refractivity contribution in [3.05, 3.63) is 59.2 Å². The molecule has 0 aliphatic heterocycles. The third kappa shape index (κ3) is 6.98. The van der Waals surface area contributed by atoms with Crippen molar-refractivity contribution in [3.63, 3.8) is 0 Å². The van der Waals surface area contributed by atoms with Crippen LogP contribution in [0, 0.1) is 12.3 Å². The van der Waals surface area contributed by atoms with Gasteiger partial charge in [0.1, 0.15) is 17.2 Å². The maximum absolute atomic E-state index is 12.8. The number of ether oxygens (including phenoxy) is 3. The van der Waals surface area contributed by atoms with Crippen molar-refractivity contribution < 1.29 is 23.8 Å². The summed E-state index contributed by atoms with van der Waals surface area (Å²) in [6, 6.07) is 10.4.